The van der Waals surface area contributed by atoms with Crippen molar-refractivity contribution in [1.29, 1.82) is 0 Å². The van der Waals surface area contributed by atoms with Crippen LogP contribution in [0.5, 0.6) is 0 Å². The van der Waals surface area contributed by atoms with Crippen molar-refractivity contribution in [3.63, 3.8) is 0 Å². The third-order valence-corrected chi connectivity index (χ3v) is 5.10. The third kappa shape index (κ3) is 6.60. The van der Waals surface area contributed by atoms with Gasteiger partial charge in [-0.25, -0.2) is 4.79 Å². The zero-order chi connectivity index (χ0) is 21.6. The summed E-state index contributed by atoms with van der Waals surface area (Å²) in [5.41, 5.74) is 3.85. The number of carbonyl (C=O) groups excluding carboxylic acids is 1. The Kier molecular flexibility index (Phi) is 8.26. The number of anilines is 1. The van der Waals surface area contributed by atoms with Gasteiger partial charge in [-0.15, -0.1) is 0 Å². The Labute approximate surface area is 175 Å². The van der Waals surface area contributed by atoms with Crippen LogP contribution in [0, 0.1) is 19.8 Å². The third-order valence-electron chi connectivity index (χ3n) is 5.10. The molecule has 160 valence electrons. The van der Waals surface area contributed by atoms with Gasteiger partial charge in [0.25, 0.3) is 0 Å². The van der Waals surface area contributed by atoms with Crippen molar-refractivity contribution >= 4 is 11.7 Å². The van der Waals surface area contributed by atoms with Crippen LogP contribution in [-0.4, -0.2) is 28.4 Å². The van der Waals surface area contributed by atoms with Crippen molar-refractivity contribution in [2.75, 3.05) is 11.9 Å². The van der Waals surface area contributed by atoms with Crippen molar-refractivity contribution in [1.82, 2.24) is 20.4 Å². The normalized spacial score (nSPS) is 13.6. The number of aromatic nitrogens is 2. The van der Waals surface area contributed by atoms with Gasteiger partial charge in [-0.1, -0.05) is 44.2 Å². The molecule has 1 aromatic carbocycles. The number of amides is 2. The average molecular weight is 400 g/mol. The standard InChI is InChI=1S/C23H37N5O/c1-15(2)13-21(25-17(5)20-11-9-8-10-12-20)14-24-23(29)26-22-18(6)27-28(16(3)4)19(22)7/h8-12,15-17,21,25H,13-14H2,1-7H3,(H2,24,26,29). The van der Waals surface area contributed by atoms with E-state index in [0.29, 0.717) is 12.5 Å². The Morgan fingerprint density at radius 2 is 1.72 bits per heavy atom. The zero-order valence-electron chi connectivity index (χ0n) is 18.9. The Bertz CT molecular complexity index is 782. The molecule has 1 heterocycles. The predicted molar refractivity (Wildman–Crippen MR) is 120 cm³/mol. The lowest BCUT2D eigenvalue weighted by molar-refractivity contribution is 0.249. The van der Waals surface area contributed by atoms with Gasteiger partial charge in [-0.2, -0.15) is 5.10 Å². The molecule has 2 atom stereocenters. The van der Waals surface area contributed by atoms with Crippen molar-refractivity contribution in [3.05, 3.63) is 47.3 Å². The highest BCUT2D eigenvalue weighted by molar-refractivity contribution is 5.90. The number of benzene rings is 1. The molecule has 0 saturated heterocycles. The molecule has 0 spiro atoms. The molecule has 0 radical (unpaired) electrons. The molecule has 6 nitrogen and oxygen atoms in total. The maximum Gasteiger partial charge on any atom is 0.319 e. The number of rotatable bonds is 9. The molecule has 0 fully saturated rings. The van der Waals surface area contributed by atoms with E-state index in [9.17, 15) is 4.79 Å². The summed E-state index contributed by atoms with van der Waals surface area (Å²) in [5.74, 6) is 0.536. The Morgan fingerprint density at radius 3 is 2.28 bits per heavy atom. The molecule has 0 aliphatic rings. The minimum absolute atomic E-state index is 0.191. The zero-order valence-corrected chi connectivity index (χ0v) is 18.9. The minimum atomic E-state index is -0.192. The van der Waals surface area contributed by atoms with E-state index < -0.39 is 0 Å². The summed E-state index contributed by atoms with van der Waals surface area (Å²) in [4.78, 5) is 12.6. The number of urea groups is 1. The lowest BCUT2D eigenvalue weighted by Crippen LogP contribution is -2.44. The molecule has 2 amide bonds. The largest absolute Gasteiger partial charge is 0.336 e. The highest BCUT2D eigenvalue weighted by atomic mass is 16.2. The van der Waals surface area contributed by atoms with Gasteiger partial charge < -0.3 is 16.0 Å². The molecule has 0 aliphatic heterocycles. The van der Waals surface area contributed by atoms with E-state index in [2.05, 4.69) is 79.9 Å². The highest BCUT2D eigenvalue weighted by Gasteiger charge is 2.18. The van der Waals surface area contributed by atoms with Crippen molar-refractivity contribution < 1.29 is 4.79 Å². The first-order valence-electron chi connectivity index (χ1n) is 10.6. The summed E-state index contributed by atoms with van der Waals surface area (Å²) < 4.78 is 1.94. The average Bonchev–Trinajstić information content (AvgIpc) is 2.94. The smallest absolute Gasteiger partial charge is 0.319 e. The first kappa shape index (κ1) is 22.9. The molecule has 0 bridgehead atoms. The number of nitrogens with one attached hydrogen (secondary N) is 3. The van der Waals surface area contributed by atoms with Crippen molar-refractivity contribution in [3.8, 4) is 0 Å². The maximum absolute atomic E-state index is 12.6. The van der Waals surface area contributed by atoms with Crippen LogP contribution < -0.4 is 16.0 Å². The SMILES string of the molecule is Cc1nn(C(C)C)c(C)c1NC(=O)NCC(CC(C)C)NC(C)c1ccccc1. The summed E-state index contributed by atoms with van der Waals surface area (Å²) in [6, 6.07) is 10.9. The molecule has 0 saturated carbocycles. The second-order valence-corrected chi connectivity index (χ2v) is 8.54. The first-order chi connectivity index (χ1) is 13.7. The van der Waals surface area contributed by atoms with Crippen LogP contribution in [0.2, 0.25) is 0 Å². The molecule has 1 aromatic heterocycles. The molecular weight excluding hydrogens is 362 g/mol. The summed E-state index contributed by atoms with van der Waals surface area (Å²) in [6.45, 7) is 15.2. The lowest BCUT2D eigenvalue weighted by atomic mass is 10.0. The number of carbonyl (C=O) groups is 1. The highest BCUT2D eigenvalue weighted by Crippen LogP contribution is 2.22. The number of nitrogens with zero attached hydrogens (tertiary/aromatic N) is 2. The second kappa shape index (κ2) is 10.4. The minimum Gasteiger partial charge on any atom is -0.336 e. The van der Waals surface area contributed by atoms with Gasteiger partial charge in [0.2, 0.25) is 0 Å². The first-order valence-corrected chi connectivity index (χ1v) is 10.6. The van der Waals surface area contributed by atoms with Gasteiger partial charge in [0.1, 0.15) is 0 Å². The molecule has 2 rings (SSSR count). The van der Waals surface area contributed by atoms with E-state index >= 15 is 0 Å². The van der Waals surface area contributed by atoms with Crippen molar-refractivity contribution in [2.24, 2.45) is 5.92 Å². The molecule has 2 unspecified atom stereocenters. The van der Waals surface area contributed by atoms with Crippen LogP contribution in [-0.2, 0) is 0 Å². The molecule has 6 heteroatoms. The van der Waals surface area contributed by atoms with Gasteiger partial charge in [-0.05, 0) is 52.5 Å². The van der Waals surface area contributed by atoms with Crippen LogP contribution >= 0.6 is 0 Å². The number of aryl methyl sites for hydroxylation is 1. The number of hydrogen-bond donors (Lipinski definition) is 3. The van der Waals surface area contributed by atoms with Gasteiger partial charge in [0, 0.05) is 24.7 Å². The number of hydrogen-bond acceptors (Lipinski definition) is 3. The summed E-state index contributed by atoms with van der Waals surface area (Å²) in [6.07, 6.45) is 0.987. The van der Waals surface area contributed by atoms with E-state index in [1.54, 1.807) is 0 Å². The molecule has 29 heavy (non-hydrogen) atoms. The quantitative estimate of drug-likeness (QED) is 0.558. The fourth-order valence-electron chi connectivity index (χ4n) is 3.69. The predicted octanol–water partition coefficient (Wildman–Crippen LogP) is 4.97. The van der Waals surface area contributed by atoms with Crippen LogP contribution in [0.3, 0.4) is 0 Å². The fraction of sp³-hybridized carbons (Fsp3) is 0.565. The summed E-state index contributed by atoms with van der Waals surface area (Å²) >= 11 is 0. The van der Waals surface area contributed by atoms with E-state index in [-0.39, 0.29) is 24.2 Å². The van der Waals surface area contributed by atoms with Crippen LogP contribution in [0.4, 0.5) is 10.5 Å². The van der Waals surface area contributed by atoms with E-state index in [0.717, 1.165) is 23.5 Å². The monoisotopic (exact) mass is 399 g/mol. The van der Waals surface area contributed by atoms with Crippen LogP contribution in [0.1, 0.15) is 70.1 Å². The van der Waals surface area contributed by atoms with Gasteiger partial charge in [0.15, 0.2) is 0 Å². The molecular formula is C23H37N5O. The Balaban J connectivity index is 1.97. The van der Waals surface area contributed by atoms with Gasteiger partial charge in [0.05, 0.1) is 17.1 Å². The van der Waals surface area contributed by atoms with E-state index in [1.165, 1.54) is 5.56 Å². The lowest BCUT2D eigenvalue weighted by Gasteiger charge is -2.25. The Hall–Kier alpha value is -2.34. The van der Waals surface area contributed by atoms with Crippen molar-refractivity contribution in [2.45, 2.75) is 73.0 Å². The summed E-state index contributed by atoms with van der Waals surface area (Å²) in [5, 5.41) is 14.2. The topological polar surface area (TPSA) is 71.0 Å². The molecule has 2 aromatic rings. The van der Waals surface area contributed by atoms with Crippen LogP contribution in [0.15, 0.2) is 30.3 Å². The fourth-order valence-corrected chi connectivity index (χ4v) is 3.69. The maximum atomic E-state index is 12.6. The second-order valence-electron chi connectivity index (χ2n) is 8.54. The molecule has 0 aliphatic carbocycles. The van der Waals surface area contributed by atoms with Gasteiger partial charge >= 0.3 is 6.03 Å². The molecule has 3 N–H and O–H groups in total. The van der Waals surface area contributed by atoms with Gasteiger partial charge in [-0.3, -0.25) is 4.68 Å². The Morgan fingerprint density at radius 1 is 1.07 bits per heavy atom. The van der Waals surface area contributed by atoms with E-state index in [4.69, 9.17) is 0 Å². The van der Waals surface area contributed by atoms with Crippen LogP contribution in [0.25, 0.3) is 0 Å². The summed E-state index contributed by atoms with van der Waals surface area (Å²) in [7, 11) is 0. The van der Waals surface area contributed by atoms with E-state index in [1.807, 2.05) is 24.6 Å².